The predicted molar refractivity (Wildman–Crippen MR) is 68.1 cm³/mol. The van der Waals surface area contributed by atoms with Crippen molar-refractivity contribution in [2.24, 2.45) is 11.8 Å². The van der Waals surface area contributed by atoms with Crippen molar-refractivity contribution >= 4 is 0 Å². The second-order valence-electron chi connectivity index (χ2n) is 5.42. The maximum Gasteiger partial charge on any atom is 0.000967 e. The molecule has 0 aromatic carbocycles. The van der Waals surface area contributed by atoms with Gasteiger partial charge in [0.05, 0.1) is 0 Å². The first kappa shape index (κ1) is 13.0. The maximum absolute atomic E-state index is 2.71. The lowest BCUT2D eigenvalue weighted by molar-refractivity contribution is 0.153. The number of hydrogen-bond donors (Lipinski definition) is 0. The van der Waals surface area contributed by atoms with Gasteiger partial charge in [-0.1, -0.05) is 40.0 Å². The van der Waals surface area contributed by atoms with Crippen molar-refractivity contribution in [2.45, 2.75) is 59.3 Å². The van der Waals surface area contributed by atoms with Crippen LogP contribution in [0, 0.1) is 11.8 Å². The van der Waals surface area contributed by atoms with Gasteiger partial charge in [-0.15, -0.1) is 0 Å². The lowest BCUT2D eigenvalue weighted by atomic mass is 9.95. The first-order chi connectivity index (χ1) is 7.26. The minimum atomic E-state index is 0.933. The van der Waals surface area contributed by atoms with Gasteiger partial charge in [0.25, 0.3) is 0 Å². The van der Waals surface area contributed by atoms with Gasteiger partial charge in [0.2, 0.25) is 0 Å². The van der Waals surface area contributed by atoms with Gasteiger partial charge < -0.3 is 4.90 Å². The van der Waals surface area contributed by atoms with Crippen molar-refractivity contribution in [1.82, 2.24) is 4.90 Å². The third kappa shape index (κ3) is 5.01. The molecule has 15 heavy (non-hydrogen) atoms. The molecule has 1 heteroatoms. The Balaban J connectivity index is 2.24. The normalized spacial score (nSPS) is 25.4. The van der Waals surface area contributed by atoms with Crippen molar-refractivity contribution < 1.29 is 0 Å². The molecule has 1 aliphatic rings. The molecule has 0 radical (unpaired) electrons. The molecule has 0 aliphatic carbocycles. The van der Waals surface area contributed by atoms with Crippen LogP contribution in [0.15, 0.2) is 0 Å². The lowest BCUT2D eigenvalue weighted by Gasteiger charge is -2.33. The third-order valence-corrected chi connectivity index (χ3v) is 3.80. The first-order valence-electron chi connectivity index (χ1n) is 6.98. The quantitative estimate of drug-likeness (QED) is 0.643. The highest BCUT2D eigenvalue weighted by Crippen LogP contribution is 2.20. The molecule has 90 valence electrons. The van der Waals surface area contributed by atoms with E-state index < -0.39 is 0 Å². The Kier molecular flexibility index (Phi) is 6.31. The van der Waals surface area contributed by atoms with Gasteiger partial charge in [0.15, 0.2) is 0 Å². The fourth-order valence-electron chi connectivity index (χ4n) is 2.73. The zero-order valence-corrected chi connectivity index (χ0v) is 11.0. The van der Waals surface area contributed by atoms with Gasteiger partial charge in [-0.3, -0.25) is 0 Å². The summed E-state index contributed by atoms with van der Waals surface area (Å²) in [5.41, 5.74) is 0. The van der Waals surface area contributed by atoms with Gasteiger partial charge >= 0.3 is 0 Å². The molecule has 1 rings (SSSR count). The molecule has 0 N–H and O–H groups in total. The molecule has 1 heterocycles. The molecule has 0 bridgehead atoms. The second kappa shape index (κ2) is 7.27. The summed E-state index contributed by atoms with van der Waals surface area (Å²) in [7, 11) is 0. The van der Waals surface area contributed by atoms with Crippen molar-refractivity contribution in [3.8, 4) is 0 Å². The molecule has 2 atom stereocenters. The lowest BCUT2D eigenvalue weighted by Crippen LogP contribution is -2.37. The van der Waals surface area contributed by atoms with Crippen molar-refractivity contribution in [3.05, 3.63) is 0 Å². The number of rotatable bonds is 6. The van der Waals surface area contributed by atoms with Gasteiger partial charge in [0, 0.05) is 13.1 Å². The van der Waals surface area contributed by atoms with Crippen LogP contribution in [0.25, 0.3) is 0 Å². The monoisotopic (exact) mass is 211 g/mol. The maximum atomic E-state index is 2.71. The van der Waals surface area contributed by atoms with Crippen LogP contribution in [0.1, 0.15) is 59.3 Å². The van der Waals surface area contributed by atoms with Gasteiger partial charge in [0.1, 0.15) is 0 Å². The average Bonchev–Trinajstić information content (AvgIpc) is 2.24. The minimum Gasteiger partial charge on any atom is -0.303 e. The van der Waals surface area contributed by atoms with Gasteiger partial charge in [-0.2, -0.15) is 0 Å². The van der Waals surface area contributed by atoms with E-state index in [1.807, 2.05) is 0 Å². The van der Waals surface area contributed by atoms with Crippen LogP contribution in [-0.4, -0.2) is 24.5 Å². The molecule has 1 aliphatic heterocycles. The molecule has 1 nitrogen and oxygen atoms in total. The predicted octanol–water partition coefficient (Wildman–Crippen LogP) is 3.93. The highest BCUT2D eigenvalue weighted by molar-refractivity contribution is 4.72. The summed E-state index contributed by atoms with van der Waals surface area (Å²) in [6.07, 6.45) is 8.45. The van der Waals surface area contributed by atoms with Crippen LogP contribution in [0.3, 0.4) is 0 Å². The highest BCUT2D eigenvalue weighted by Gasteiger charge is 2.18. The summed E-state index contributed by atoms with van der Waals surface area (Å²) in [6, 6.07) is 0. The van der Waals surface area contributed by atoms with E-state index in [2.05, 4.69) is 25.7 Å². The minimum absolute atomic E-state index is 0.933. The molecule has 1 fully saturated rings. The van der Waals surface area contributed by atoms with Crippen molar-refractivity contribution in [1.29, 1.82) is 0 Å². The summed E-state index contributed by atoms with van der Waals surface area (Å²) in [6.45, 7) is 11.1. The van der Waals surface area contributed by atoms with E-state index in [0.717, 1.165) is 11.8 Å². The molecule has 0 saturated carbocycles. The number of nitrogens with zero attached hydrogens (tertiary/aromatic N) is 1. The summed E-state index contributed by atoms with van der Waals surface area (Å²) in [4.78, 5) is 2.71. The van der Waals surface area contributed by atoms with Crippen molar-refractivity contribution in [3.63, 3.8) is 0 Å². The van der Waals surface area contributed by atoms with E-state index in [-0.39, 0.29) is 0 Å². The Bertz CT molecular complexity index is 155. The third-order valence-electron chi connectivity index (χ3n) is 3.80. The van der Waals surface area contributed by atoms with Crippen LogP contribution in [0.2, 0.25) is 0 Å². The smallest absolute Gasteiger partial charge is 0.000967 e. The molecule has 0 spiro atoms. The van der Waals surface area contributed by atoms with E-state index in [0.29, 0.717) is 0 Å². The van der Waals surface area contributed by atoms with E-state index >= 15 is 0 Å². The van der Waals surface area contributed by atoms with E-state index in [1.165, 1.54) is 58.2 Å². The van der Waals surface area contributed by atoms with Crippen LogP contribution < -0.4 is 0 Å². The van der Waals surface area contributed by atoms with Crippen LogP contribution in [0.4, 0.5) is 0 Å². The summed E-state index contributed by atoms with van der Waals surface area (Å²) in [5, 5.41) is 0. The van der Waals surface area contributed by atoms with E-state index in [1.54, 1.807) is 0 Å². The summed E-state index contributed by atoms with van der Waals surface area (Å²) in [5.74, 6) is 1.89. The first-order valence-corrected chi connectivity index (χ1v) is 6.98. The Morgan fingerprint density at radius 2 is 2.13 bits per heavy atom. The molecular formula is C14H29N. The van der Waals surface area contributed by atoms with Gasteiger partial charge in [-0.05, 0) is 37.6 Å². The van der Waals surface area contributed by atoms with Crippen molar-refractivity contribution in [2.75, 3.05) is 19.6 Å². The zero-order valence-electron chi connectivity index (χ0n) is 11.0. The molecule has 0 aromatic rings. The fraction of sp³-hybridized carbons (Fsp3) is 1.00. The average molecular weight is 211 g/mol. The fourth-order valence-corrected chi connectivity index (χ4v) is 2.73. The molecular weight excluding hydrogens is 182 g/mol. The Morgan fingerprint density at radius 3 is 2.73 bits per heavy atom. The van der Waals surface area contributed by atoms with Gasteiger partial charge in [-0.25, -0.2) is 0 Å². The molecule has 1 saturated heterocycles. The van der Waals surface area contributed by atoms with E-state index in [4.69, 9.17) is 0 Å². The number of likely N-dealkylation sites (tertiary alicyclic amines) is 1. The van der Waals surface area contributed by atoms with E-state index in [9.17, 15) is 0 Å². The summed E-state index contributed by atoms with van der Waals surface area (Å²) < 4.78 is 0. The molecule has 0 aromatic heterocycles. The molecule has 2 unspecified atom stereocenters. The second-order valence-corrected chi connectivity index (χ2v) is 5.42. The van der Waals surface area contributed by atoms with Crippen LogP contribution >= 0.6 is 0 Å². The Morgan fingerprint density at radius 1 is 1.33 bits per heavy atom. The largest absolute Gasteiger partial charge is 0.303 e. The Labute approximate surface area is 96.2 Å². The zero-order chi connectivity index (χ0) is 11.1. The standard InChI is InChI=1S/C14H29N/c1-4-6-9-14(5-2)12-15-10-7-8-13(3)11-15/h13-14H,4-12H2,1-3H3. The number of piperidine rings is 1. The number of hydrogen-bond acceptors (Lipinski definition) is 1. The topological polar surface area (TPSA) is 3.24 Å². The van der Waals surface area contributed by atoms with Crippen LogP contribution in [-0.2, 0) is 0 Å². The Hall–Kier alpha value is -0.0400. The highest BCUT2D eigenvalue weighted by atomic mass is 15.1. The molecule has 0 amide bonds. The SMILES string of the molecule is CCCCC(CC)CN1CCCC(C)C1. The van der Waals surface area contributed by atoms with Crippen LogP contribution in [0.5, 0.6) is 0 Å². The number of unbranched alkanes of at least 4 members (excludes halogenated alkanes) is 1. The summed E-state index contributed by atoms with van der Waals surface area (Å²) >= 11 is 0.